The van der Waals surface area contributed by atoms with Crippen molar-refractivity contribution in [3.05, 3.63) is 17.5 Å². The fourth-order valence-corrected chi connectivity index (χ4v) is 3.05. The maximum Gasteiger partial charge on any atom is 0.242 e. The number of hydrogen-bond donors (Lipinski definition) is 1. The van der Waals surface area contributed by atoms with Crippen LogP contribution in [0.5, 0.6) is 0 Å². The normalized spacial score (nSPS) is 27.1. The predicted octanol–water partition coefficient (Wildman–Crippen LogP) is 0.00412. The smallest absolute Gasteiger partial charge is 0.242 e. The lowest BCUT2D eigenvalue weighted by molar-refractivity contribution is -0.141. The fraction of sp³-hybridized carbons (Fsp3) is 0.733. The molecule has 22 heavy (non-hydrogen) atoms. The molecule has 1 aromatic rings. The molecule has 0 aliphatic carbocycles. The van der Waals surface area contributed by atoms with Gasteiger partial charge in [0.1, 0.15) is 11.8 Å². The van der Waals surface area contributed by atoms with Crippen LogP contribution in [0.25, 0.3) is 0 Å². The van der Waals surface area contributed by atoms with E-state index < -0.39 is 0 Å². The minimum atomic E-state index is -0.210. The summed E-state index contributed by atoms with van der Waals surface area (Å²) < 4.78 is 10.7. The number of carbonyl (C=O) groups is 1. The second kappa shape index (κ2) is 6.76. The van der Waals surface area contributed by atoms with Crippen molar-refractivity contribution in [3.63, 3.8) is 0 Å². The third kappa shape index (κ3) is 3.48. The van der Waals surface area contributed by atoms with Crippen LogP contribution in [0, 0.1) is 6.92 Å². The average molecular weight is 308 g/mol. The van der Waals surface area contributed by atoms with Gasteiger partial charge in [-0.15, -0.1) is 0 Å². The minimum Gasteiger partial charge on any atom is -0.375 e. The summed E-state index contributed by atoms with van der Waals surface area (Å²) in [6, 6.07) is 1.75. The van der Waals surface area contributed by atoms with E-state index in [0.29, 0.717) is 6.61 Å². The van der Waals surface area contributed by atoms with Crippen molar-refractivity contribution in [2.45, 2.75) is 32.5 Å². The first-order valence-corrected chi connectivity index (χ1v) is 7.92. The lowest BCUT2D eigenvalue weighted by atomic mass is 10.1. The lowest BCUT2D eigenvalue weighted by Gasteiger charge is -2.38. The molecule has 2 saturated heterocycles. The van der Waals surface area contributed by atoms with Crippen LogP contribution in [0.4, 0.5) is 0 Å². The quantitative estimate of drug-likeness (QED) is 0.848. The van der Waals surface area contributed by atoms with Gasteiger partial charge in [0.15, 0.2) is 0 Å². The van der Waals surface area contributed by atoms with Gasteiger partial charge in [0.25, 0.3) is 0 Å². The van der Waals surface area contributed by atoms with Crippen molar-refractivity contribution in [1.29, 1.82) is 0 Å². The van der Waals surface area contributed by atoms with Gasteiger partial charge in [-0.25, -0.2) is 0 Å². The van der Waals surface area contributed by atoms with Gasteiger partial charge < -0.3 is 19.5 Å². The molecular formula is C15H24N4O3. The number of ether oxygens (including phenoxy) is 1. The SMILES string of the molecule is Cc1cc(CN2CCN(C(=O)[C@H]3NCCO[C@@H]3C)CC2)no1. The number of nitrogens with zero attached hydrogens (tertiary/aromatic N) is 3. The summed E-state index contributed by atoms with van der Waals surface area (Å²) in [5, 5.41) is 7.29. The Kier molecular flexibility index (Phi) is 4.75. The molecule has 3 heterocycles. The van der Waals surface area contributed by atoms with Gasteiger partial charge in [-0.1, -0.05) is 5.16 Å². The van der Waals surface area contributed by atoms with Gasteiger partial charge >= 0.3 is 0 Å². The molecule has 0 saturated carbocycles. The molecule has 1 N–H and O–H groups in total. The first kappa shape index (κ1) is 15.5. The molecule has 0 radical (unpaired) electrons. The second-order valence-corrected chi connectivity index (χ2v) is 6.04. The van der Waals surface area contributed by atoms with E-state index in [4.69, 9.17) is 9.26 Å². The Morgan fingerprint density at radius 1 is 1.41 bits per heavy atom. The van der Waals surface area contributed by atoms with Crippen molar-refractivity contribution < 1.29 is 14.1 Å². The third-order valence-corrected chi connectivity index (χ3v) is 4.33. The Morgan fingerprint density at radius 3 is 2.82 bits per heavy atom. The summed E-state index contributed by atoms with van der Waals surface area (Å²) in [5.74, 6) is 0.991. The zero-order valence-electron chi connectivity index (χ0n) is 13.2. The van der Waals surface area contributed by atoms with E-state index in [1.807, 2.05) is 24.8 Å². The Bertz CT molecular complexity index is 511. The van der Waals surface area contributed by atoms with Crippen LogP contribution in [0.1, 0.15) is 18.4 Å². The van der Waals surface area contributed by atoms with Crippen LogP contribution in [-0.4, -0.2) is 72.3 Å². The number of piperazine rings is 1. The maximum atomic E-state index is 12.6. The van der Waals surface area contributed by atoms with E-state index >= 15 is 0 Å². The summed E-state index contributed by atoms with van der Waals surface area (Å²) in [6.45, 7) is 9.27. The highest BCUT2D eigenvalue weighted by Crippen LogP contribution is 2.12. The zero-order valence-corrected chi connectivity index (χ0v) is 13.2. The van der Waals surface area contributed by atoms with Crippen LogP contribution in [0.15, 0.2) is 10.6 Å². The molecule has 2 fully saturated rings. The van der Waals surface area contributed by atoms with Gasteiger partial charge in [0, 0.05) is 45.3 Å². The number of hydrogen-bond acceptors (Lipinski definition) is 6. The van der Waals surface area contributed by atoms with E-state index in [2.05, 4.69) is 15.4 Å². The molecule has 3 rings (SSSR count). The highest BCUT2D eigenvalue weighted by atomic mass is 16.5. The van der Waals surface area contributed by atoms with Crippen molar-refractivity contribution >= 4 is 5.91 Å². The first-order valence-electron chi connectivity index (χ1n) is 7.92. The highest BCUT2D eigenvalue weighted by Gasteiger charge is 2.33. The Labute approximate surface area is 130 Å². The second-order valence-electron chi connectivity index (χ2n) is 6.04. The molecule has 0 spiro atoms. The van der Waals surface area contributed by atoms with Crippen molar-refractivity contribution in [2.75, 3.05) is 39.3 Å². The van der Waals surface area contributed by atoms with E-state index in [1.54, 1.807) is 0 Å². The van der Waals surface area contributed by atoms with Gasteiger partial charge in [0.2, 0.25) is 5.91 Å². The number of amides is 1. The number of aryl methyl sites for hydroxylation is 1. The fourth-order valence-electron chi connectivity index (χ4n) is 3.05. The number of nitrogens with one attached hydrogen (secondary N) is 1. The molecule has 2 aliphatic heterocycles. The monoisotopic (exact) mass is 308 g/mol. The summed E-state index contributed by atoms with van der Waals surface area (Å²) in [7, 11) is 0. The number of carbonyl (C=O) groups excluding carboxylic acids is 1. The van der Waals surface area contributed by atoms with Crippen LogP contribution in [-0.2, 0) is 16.1 Å². The van der Waals surface area contributed by atoms with Crippen molar-refractivity contribution in [3.8, 4) is 0 Å². The zero-order chi connectivity index (χ0) is 15.5. The molecule has 2 aliphatic rings. The Morgan fingerprint density at radius 2 is 2.18 bits per heavy atom. The standard InChI is InChI=1S/C15H24N4O3/c1-11-9-13(17-22-11)10-18-4-6-19(7-5-18)15(20)14-12(2)21-8-3-16-14/h9,12,14,16H,3-8,10H2,1-2H3/t12-,14+/m1/s1. The molecule has 122 valence electrons. The van der Waals surface area contributed by atoms with Crippen molar-refractivity contribution in [2.24, 2.45) is 0 Å². The van der Waals surface area contributed by atoms with Gasteiger partial charge in [-0.2, -0.15) is 0 Å². The number of rotatable bonds is 3. The molecule has 0 bridgehead atoms. The Balaban J connectivity index is 1.49. The highest BCUT2D eigenvalue weighted by molar-refractivity contribution is 5.82. The van der Waals surface area contributed by atoms with Crippen molar-refractivity contribution in [1.82, 2.24) is 20.3 Å². The molecule has 0 aromatic carbocycles. The molecular weight excluding hydrogens is 284 g/mol. The van der Waals surface area contributed by atoms with E-state index in [9.17, 15) is 4.79 Å². The maximum absolute atomic E-state index is 12.6. The molecule has 1 amide bonds. The number of aromatic nitrogens is 1. The van der Waals surface area contributed by atoms with Crippen LogP contribution in [0.2, 0.25) is 0 Å². The molecule has 0 unspecified atom stereocenters. The summed E-state index contributed by atoms with van der Waals surface area (Å²) in [6.07, 6.45) is -0.0580. The molecule has 7 nitrogen and oxygen atoms in total. The first-order chi connectivity index (χ1) is 10.6. The van der Waals surface area contributed by atoms with Crippen LogP contribution in [0.3, 0.4) is 0 Å². The molecule has 7 heteroatoms. The topological polar surface area (TPSA) is 70.8 Å². The van der Waals surface area contributed by atoms with Gasteiger partial charge in [0.05, 0.1) is 18.4 Å². The van der Waals surface area contributed by atoms with E-state index in [-0.39, 0.29) is 18.1 Å². The summed E-state index contributed by atoms with van der Waals surface area (Å²) >= 11 is 0. The van der Waals surface area contributed by atoms with Gasteiger partial charge in [-0.05, 0) is 13.8 Å². The Hall–Kier alpha value is -1.44. The third-order valence-electron chi connectivity index (χ3n) is 4.33. The largest absolute Gasteiger partial charge is 0.375 e. The molecule has 2 atom stereocenters. The van der Waals surface area contributed by atoms with E-state index in [0.717, 1.165) is 50.7 Å². The predicted molar refractivity (Wildman–Crippen MR) is 80.3 cm³/mol. The minimum absolute atomic E-state index is 0.0580. The summed E-state index contributed by atoms with van der Waals surface area (Å²) in [5.41, 5.74) is 0.952. The summed E-state index contributed by atoms with van der Waals surface area (Å²) in [4.78, 5) is 16.8. The van der Waals surface area contributed by atoms with E-state index in [1.165, 1.54) is 0 Å². The number of morpholine rings is 1. The van der Waals surface area contributed by atoms with Gasteiger partial charge in [-0.3, -0.25) is 9.69 Å². The van der Waals surface area contributed by atoms with Crippen LogP contribution >= 0.6 is 0 Å². The van der Waals surface area contributed by atoms with Crippen LogP contribution < -0.4 is 5.32 Å². The average Bonchev–Trinajstić information content (AvgIpc) is 2.93. The lowest BCUT2D eigenvalue weighted by Crippen LogP contribution is -2.59. The molecule has 1 aromatic heterocycles.